The minimum Gasteiger partial charge on any atom is -0.354 e. The molecule has 0 bridgehead atoms. The highest BCUT2D eigenvalue weighted by Crippen LogP contribution is 2.31. The summed E-state index contributed by atoms with van der Waals surface area (Å²) in [6, 6.07) is 0. The zero-order chi connectivity index (χ0) is 14.1. The third-order valence-electron chi connectivity index (χ3n) is 4.28. The number of hydrogen-bond donors (Lipinski definition) is 1. The molecule has 1 fully saturated rings. The lowest BCUT2D eigenvalue weighted by Gasteiger charge is -2.28. The van der Waals surface area contributed by atoms with E-state index in [9.17, 15) is 4.79 Å². The Morgan fingerprint density at radius 3 is 2.47 bits per heavy atom. The Hall–Kier alpha value is -0.240. The molecule has 1 rings (SSSR count). The first-order chi connectivity index (χ1) is 9.17. The number of carbonyl (C=O) groups is 1. The molecule has 1 N–H and O–H groups in total. The Morgan fingerprint density at radius 2 is 1.89 bits per heavy atom. The van der Waals surface area contributed by atoms with E-state index in [0.29, 0.717) is 6.54 Å². The van der Waals surface area contributed by atoms with Crippen LogP contribution in [0.25, 0.3) is 0 Å². The Labute approximate surface area is 123 Å². The highest BCUT2D eigenvalue weighted by molar-refractivity contribution is 6.20. The first-order valence-corrected chi connectivity index (χ1v) is 8.52. The number of hydrogen-bond acceptors (Lipinski definition) is 1. The van der Waals surface area contributed by atoms with Gasteiger partial charge in [0, 0.05) is 12.5 Å². The zero-order valence-electron chi connectivity index (χ0n) is 12.6. The number of amides is 1. The fourth-order valence-corrected chi connectivity index (χ4v) is 3.27. The lowest BCUT2D eigenvalue weighted by atomic mass is 9.79. The van der Waals surface area contributed by atoms with Gasteiger partial charge in [0.15, 0.2) is 0 Å². The molecular formula is C16H30ClNO. The fraction of sp³-hybridized carbons (Fsp3) is 0.938. The lowest BCUT2D eigenvalue weighted by Crippen LogP contribution is -2.36. The molecule has 19 heavy (non-hydrogen) atoms. The van der Waals surface area contributed by atoms with E-state index < -0.39 is 0 Å². The van der Waals surface area contributed by atoms with Crippen molar-refractivity contribution in [2.24, 2.45) is 11.8 Å². The lowest BCUT2D eigenvalue weighted by molar-refractivity contribution is -0.126. The second-order valence-corrected chi connectivity index (χ2v) is 6.61. The van der Waals surface area contributed by atoms with Gasteiger partial charge in [-0.25, -0.2) is 0 Å². The van der Waals surface area contributed by atoms with Gasteiger partial charge in [-0.3, -0.25) is 4.79 Å². The Morgan fingerprint density at radius 1 is 1.21 bits per heavy atom. The molecule has 0 aliphatic heterocycles. The van der Waals surface area contributed by atoms with Crippen molar-refractivity contribution >= 4 is 17.5 Å². The summed E-state index contributed by atoms with van der Waals surface area (Å²) in [5.41, 5.74) is 0. The SMILES string of the molecule is CCCCC1CCC(C(=O)NCC(Cl)CCC)CC1. The molecule has 1 unspecified atom stereocenters. The van der Waals surface area contributed by atoms with Gasteiger partial charge in [0.25, 0.3) is 0 Å². The van der Waals surface area contributed by atoms with Crippen LogP contribution in [0.2, 0.25) is 0 Å². The van der Waals surface area contributed by atoms with Crippen molar-refractivity contribution in [1.82, 2.24) is 5.32 Å². The van der Waals surface area contributed by atoms with Crippen LogP contribution in [0, 0.1) is 11.8 Å². The van der Waals surface area contributed by atoms with Gasteiger partial charge in [-0.1, -0.05) is 39.5 Å². The Bertz CT molecular complexity index is 249. The van der Waals surface area contributed by atoms with E-state index in [1.54, 1.807) is 0 Å². The van der Waals surface area contributed by atoms with Gasteiger partial charge in [0.1, 0.15) is 0 Å². The van der Waals surface area contributed by atoms with E-state index in [4.69, 9.17) is 11.6 Å². The summed E-state index contributed by atoms with van der Waals surface area (Å²) in [6.45, 7) is 5.00. The van der Waals surface area contributed by atoms with Gasteiger partial charge in [-0.2, -0.15) is 0 Å². The van der Waals surface area contributed by atoms with Crippen LogP contribution in [0.3, 0.4) is 0 Å². The van der Waals surface area contributed by atoms with Gasteiger partial charge in [0.2, 0.25) is 5.91 Å². The van der Waals surface area contributed by atoms with Crippen molar-refractivity contribution in [2.75, 3.05) is 6.54 Å². The second kappa shape index (κ2) is 9.63. The summed E-state index contributed by atoms with van der Waals surface area (Å²) >= 11 is 6.13. The highest BCUT2D eigenvalue weighted by Gasteiger charge is 2.25. The van der Waals surface area contributed by atoms with Crippen LogP contribution in [0.15, 0.2) is 0 Å². The zero-order valence-corrected chi connectivity index (χ0v) is 13.3. The van der Waals surface area contributed by atoms with Crippen molar-refractivity contribution in [1.29, 1.82) is 0 Å². The van der Waals surface area contributed by atoms with Crippen LogP contribution in [0.4, 0.5) is 0 Å². The fourth-order valence-electron chi connectivity index (χ4n) is 2.98. The van der Waals surface area contributed by atoms with Crippen LogP contribution in [0.5, 0.6) is 0 Å². The number of rotatable bonds is 8. The molecule has 0 aromatic rings. The number of unbranched alkanes of at least 4 members (excludes halogenated alkanes) is 1. The molecule has 0 spiro atoms. The maximum absolute atomic E-state index is 12.1. The molecule has 1 saturated carbocycles. The summed E-state index contributed by atoms with van der Waals surface area (Å²) in [4.78, 5) is 12.1. The molecule has 0 saturated heterocycles. The summed E-state index contributed by atoms with van der Waals surface area (Å²) < 4.78 is 0. The van der Waals surface area contributed by atoms with E-state index in [2.05, 4.69) is 19.2 Å². The van der Waals surface area contributed by atoms with Crippen molar-refractivity contribution in [3.63, 3.8) is 0 Å². The smallest absolute Gasteiger partial charge is 0.223 e. The molecule has 1 aliphatic rings. The number of carbonyl (C=O) groups excluding carboxylic acids is 1. The van der Waals surface area contributed by atoms with E-state index >= 15 is 0 Å². The van der Waals surface area contributed by atoms with Crippen molar-refractivity contribution in [3.05, 3.63) is 0 Å². The summed E-state index contributed by atoms with van der Waals surface area (Å²) in [7, 11) is 0. The van der Waals surface area contributed by atoms with E-state index in [1.165, 1.54) is 32.1 Å². The number of halogens is 1. The van der Waals surface area contributed by atoms with Gasteiger partial charge in [-0.15, -0.1) is 11.6 Å². The minimum absolute atomic E-state index is 0.0924. The summed E-state index contributed by atoms with van der Waals surface area (Å²) in [5, 5.41) is 3.12. The minimum atomic E-state index is 0.0924. The van der Waals surface area contributed by atoms with Crippen molar-refractivity contribution in [2.45, 2.75) is 77.0 Å². The highest BCUT2D eigenvalue weighted by atomic mass is 35.5. The van der Waals surface area contributed by atoms with Gasteiger partial charge >= 0.3 is 0 Å². The molecule has 0 heterocycles. The second-order valence-electron chi connectivity index (χ2n) is 5.99. The number of alkyl halides is 1. The van der Waals surface area contributed by atoms with Gasteiger partial charge in [0.05, 0.1) is 5.38 Å². The summed E-state index contributed by atoms with van der Waals surface area (Å²) in [6.07, 6.45) is 10.6. The molecule has 1 aliphatic carbocycles. The topological polar surface area (TPSA) is 29.1 Å². The van der Waals surface area contributed by atoms with Gasteiger partial charge < -0.3 is 5.32 Å². The van der Waals surface area contributed by atoms with E-state index in [-0.39, 0.29) is 17.2 Å². The maximum atomic E-state index is 12.1. The molecule has 0 radical (unpaired) electrons. The van der Waals surface area contributed by atoms with E-state index in [0.717, 1.165) is 31.6 Å². The first kappa shape index (κ1) is 16.8. The number of nitrogens with one attached hydrogen (secondary N) is 1. The van der Waals surface area contributed by atoms with Crippen LogP contribution >= 0.6 is 11.6 Å². The van der Waals surface area contributed by atoms with Crippen LogP contribution in [-0.2, 0) is 4.79 Å². The quantitative estimate of drug-likeness (QED) is 0.654. The van der Waals surface area contributed by atoms with Crippen molar-refractivity contribution < 1.29 is 4.79 Å². The average Bonchev–Trinajstić information content (AvgIpc) is 2.43. The molecule has 112 valence electrons. The standard InChI is InChI=1S/C16H30ClNO/c1-3-5-7-13-8-10-14(11-9-13)16(19)18-12-15(17)6-4-2/h13-15H,3-12H2,1-2H3,(H,18,19). The largest absolute Gasteiger partial charge is 0.354 e. The molecule has 2 nitrogen and oxygen atoms in total. The third kappa shape index (κ3) is 6.65. The molecule has 0 aromatic carbocycles. The van der Waals surface area contributed by atoms with Crippen LogP contribution in [-0.4, -0.2) is 17.8 Å². The van der Waals surface area contributed by atoms with E-state index in [1.807, 2.05) is 0 Å². The van der Waals surface area contributed by atoms with Crippen LogP contribution < -0.4 is 5.32 Å². The predicted molar refractivity (Wildman–Crippen MR) is 82.5 cm³/mol. The van der Waals surface area contributed by atoms with Crippen molar-refractivity contribution in [3.8, 4) is 0 Å². The molecule has 3 heteroatoms. The van der Waals surface area contributed by atoms with Crippen LogP contribution in [0.1, 0.15) is 71.6 Å². The van der Waals surface area contributed by atoms with Gasteiger partial charge in [-0.05, 0) is 38.0 Å². The molecule has 1 atom stereocenters. The summed E-state index contributed by atoms with van der Waals surface area (Å²) in [5.74, 6) is 1.34. The third-order valence-corrected chi connectivity index (χ3v) is 4.66. The Balaban J connectivity index is 2.17. The first-order valence-electron chi connectivity index (χ1n) is 8.09. The normalized spacial score (nSPS) is 25.0. The Kier molecular flexibility index (Phi) is 8.52. The maximum Gasteiger partial charge on any atom is 0.223 e. The molecular weight excluding hydrogens is 258 g/mol. The average molecular weight is 288 g/mol. The predicted octanol–water partition coefficient (Wildman–Crippen LogP) is 4.51. The monoisotopic (exact) mass is 287 g/mol. The molecule has 1 amide bonds. The molecule has 0 aromatic heterocycles.